The van der Waals surface area contributed by atoms with Crippen LogP contribution in [0.2, 0.25) is 0 Å². The van der Waals surface area contributed by atoms with E-state index >= 15 is 0 Å². The molecule has 0 radical (unpaired) electrons. The van der Waals surface area contributed by atoms with Crippen molar-refractivity contribution in [3.05, 3.63) is 40.9 Å². The summed E-state index contributed by atoms with van der Waals surface area (Å²) in [6.07, 6.45) is -0.902. The second-order valence-electron chi connectivity index (χ2n) is 6.78. The molecule has 148 valence electrons. The van der Waals surface area contributed by atoms with E-state index in [2.05, 4.69) is 4.98 Å². The minimum atomic E-state index is -0.902. The number of hydrogen-bond donors (Lipinski definition) is 0. The summed E-state index contributed by atoms with van der Waals surface area (Å²) in [6, 6.07) is 7.88. The second kappa shape index (κ2) is 8.52. The Hall–Kier alpha value is -2.74. The Morgan fingerprint density at radius 1 is 1.07 bits per heavy atom. The van der Waals surface area contributed by atoms with Gasteiger partial charge in [0, 0.05) is 44.0 Å². The average molecular weight is 401 g/mol. The zero-order valence-corrected chi connectivity index (χ0v) is 17.0. The maximum absolute atomic E-state index is 12.5. The third kappa shape index (κ3) is 4.56. The van der Waals surface area contributed by atoms with Gasteiger partial charge in [0.25, 0.3) is 5.91 Å². The molecule has 0 saturated carbocycles. The maximum atomic E-state index is 12.5. The van der Waals surface area contributed by atoms with Gasteiger partial charge in [-0.1, -0.05) is 29.8 Å². The van der Waals surface area contributed by atoms with Gasteiger partial charge in [-0.3, -0.25) is 9.59 Å². The molecule has 1 aliphatic rings. The number of benzene rings is 1. The summed E-state index contributed by atoms with van der Waals surface area (Å²) in [6.45, 7) is 6.95. The first-order valence-electron chi connectivity index (χ1n) is 9.13. The fraction of sp³-hybridized carbons (Fsp3) is 0.400. The van der Waals surface area contributed by atoms with Crippen LogP contribution in [0.3, 0.4) is 0 Å². The summed E-state index contributed by atoms with van der Waals surface area (Å²) in [5.41, 5.74) is 2.28. The average Bonchev–Trinajstić information content (AvgIpc) is 3.18. The SMILES string of the molecule is CC(=O)N1CCN(C(=O)C(C)OC(=O)c2csc(-c3ccc(C)cc3)n2)CC1. The molecule has 2 aromatic rings. The third-order valence-electron chi connectivity index (χ3n) is 4.68. The highest BCUT2D eigenvalue weighted by atomic mass is 32.1. The molecular weight excluding hydrogens is 378 g/mol. The molecule has 0 spiro atoms. The standard InChI is InChI=1S/C20H23N3O4S/c1-13-4-6-16(7-5-13)18-21-17(12-28-18)20(26)27-14(2)19(25)23-10-8-22(9-11-23)15(3)24/h4-7,12,14H,8-11H2,1-3H3. The molecule has 2 amide bonds. The number of hydrogen-bond acceptors (Lipinski definition) is 6. The Morgan fingerprint density at radius 3 is 2.29 bits per heavy atom. The quantitative estimate of drug-likeness (QED) is 0.735. The topological polar surface area (TPSA) is 79.8 Å². The van der Waals surface area contributed by atoms with Crippen LogP contribution >= 0.6 is 11.3 Å². The minimum absolute atomic E-state index is 0.000474. The molecular formula is C20H23N3O4S. The predicted molar refractivity (Wildman–Crippen MR) is 106 cm³/mol. The monoisotopic (exact) mass is 401 g/mol. The molecule has 1 unspecified atom stereocenters. The molecule has 0 bridgehead atoms. The molecule has 7 nitrogen and oxygen atoms in total. The number of aromatic nitrogens is 1. The van der Waals surface area contributed by atoms with Gasteiger partial charge < -0.3 is 14.5 Å². The van der Waals surface area contributed by atoms with Crippen molar-refractivity contribution >= 4 is 29.1 Å². The lowest BCUT2D eigenvalue weighted by molar-refractivity contribution is -0.144. The first kappa shape index (κ1) is 20.0. The molecule has 2 heterocycles. The van der Waals surface area contributed by atoms with E-state index in [0.717, 1.165) is 16.1 Å². The molecule has 3 rings (SSSR count). The number of thiazole rings is 1. The maximum Gasteiger partial charge on any atom is 0.358 e. The first-order chi connectivity index (χ1) is 13.3. The molecule has 1 aromatic heterocycles. The molecule has 1 aliphatic heterocycles. The van der Waals surface area contributed by atoms with E-state index in [-0.39, 0.29) is 17.5 Å². The fourth-order valence-corrected chi connectivity index (χ4v) is 3.76. The summed E-state index contributed by atoms with van der Waals surface area (Å²) >= 11 is 1.36. The lowest BCUT2D eigenvalue weighted by Crippen LogP contribution is -2.52. The zero-order chi connectivity index (χ0) is 20.3. The third-order valence-corrected chi connectivity index (χ3v) is 5.57. The van der Waals surface area contributed by atoms with E-state index < -0.39 is 12.1 Å². The van der Waals surface area contributed by atoms with Crippen LogP contribution in [0, 0.1) is 6.92 Å². The van der Waals surface area contributed by atoms with Gasteiger partial charge in [0.2, 0.25) is 5.91 Å². The summed E-state index contributed by atoms with van der Waals surface area (Å²) in [7, 11) is 0. The number of carbonyl (C=O) groups excluding carboxylic acids is 3. The van der Waals surface area contributed by atoms with Crippen molar-refractivity contribution in [2.45, 2.75) is 26.9 Å². The number of carbonyl (C=O) groups is 3. The smallest absolute Gasteiger partial charge is 0.358 e. The summed E-state index contributed by atoms with van der Waals surface area (Å²) in [5, 5.41) is 2.37. The van der Waals surface area contributed by atoms with Crippen LogP contribution in [0.25, 0.3) is 10.6 Å². The van der Waals surface area contributed by atoms with Crippen molar-refractivity contribution < 1.29 is 19.1 Å². The lowest BCUT2D eigenvalue weighted by atomic mass is 10.2. The Bertz CT molecular complexity index is 870. The van der Waals surface area contributed by atoms with E-state index in [4.69, 9.17) is 4.74 Å². The van der Waals surface area contributed by atoms with Gasteiger partial charge in [-0.25, -0.2) is 9.78 Å². The lowest BCUT2D eigenvalue weighted by Gasteiger charge is -2.35. The van der Waals surface area contributed by atoms with Crippen molar-refractivity contribution in [2.24, 2.45) is 0 Å². The molecule has 0 N–H and O–H groups in total. The van der Waals surface area contributed by atoms with Crippen LogP contribution in [0.5, 0.6) is 0 Å². The van der Waals surface area contributed by atoms with Gasteiger partial charge >= 0.3 is 5.97 Å². The van der Waals surface area contributed by atoms with Crippen LogP contribution in [-0.4, -0.2) is 64.9 Å². The van der Waals surface area contributed by atoms with Crippen molar-refractivity contribution in [2.75, 3.05) is 26.2 Å². The Morgan fingerprint density at radius 2 is 1.68 bits per heavy atom. The van der Waals surface area contributed by atoms with Crippen LogP contribution in [0.4, 0.5) is 0 Å². The van der Waals surface area contributed by atoms with E-state index in [1.807, 2.05) is 31.2 Å². The van der Waals surface area contributed by atoms with E-state index in [0.29, 0.717) is 26.2 Å². The van der Waals surface area contributed by atoms with E-state index in [9.17, 15) is 14.4 Å². The highest BCUT2D eigenvalue weighted by molar-refractivity contribution is 7.13. The minimum Gasteiger partial charge on any atom is -0.448 e. The van der Waals surface area contributed by atoms with Gasteiger partial charge in [0.15, 0.2) is 11.8 Å². The number of rotatable bonds is 4. The van der Waals surface area contributed by atoms with Crippen molar-refractivity contribution in [3.8, 4) is 10.6 Å². The Labute approximate surface area is 167 Å². The number of piperazine rings is 1. The van der Waals surface area contributed by atoms with Gasteiger partial charge in [-0.2, -0.15) is 0 Å². The predicted octanol–water partition coefficient (Wildman–Crippen LogP) is 2.35. The fourth-order valence-electron chi connectivity index (χ4n) is 2.97. The largest absolute Gasteiger partial charge is 0.448 e. The number of ether oxygens (including phenoxy) is 1. The van der Waals surface area contributed by atoms with Gasteiger partial charge in [-0.15, -0.1) is 11.3 Å². The molecule has 1 aromatic carbocycles. The van der Waals surface area contributed by atoms with Crippen molar-refractivity contribution in [1.82, 2.24) is 14.8 Å². The normalized spacial score (nSPS) is 15.2. The molecule has 1 atom stereocenters. The van der Waals surface area contributed by atoms with Crippen LogP contribution in [-0.2, 0) is 14.3 Å². The molecule has 0 aliphatic carbocycles. The number of amides is 2. The summed E-state index contributed by atoms with van der Waals surface area (Å²) < 4.78 is 5.33. The summed E-state index contributed by atoms with van der Waals surface area (Å²) in [5.74, 6) is -0.872. The number of aryl methyl sites for hydroxylation is 1. The molecule has 1 fully saturated rings. The molecule has 8 heteroatoms. The number of esters is 1. The van der Waals surface area contributed by atoms with Crippen LogP contribution in [0.15, 0.2) is 29.6 Å². The Kier molecular flexibility index (Phi) is 6.08. The highest BCUT2D eigenvalue weighted by Gasteiger charge is 2.28. The van der Waals surface area contributed by atoms with Crippen LogP contribution in [0.1, 0.15) is 29.9 Å². The number of nitrogens with zero attached hydrogens (tertiary/aromatic N) is 3. The van der Waals surface area contributed by atoms with Gasteiger partial charge in [-0.05, 0) is 13.8 Å². The van der Waals surface area contributed by atoms with E-state index in [1.54, 1.807) is 22.1 Å². The summed E-state index contributed by atoms with van der Waals surface area (Å²) in [4.78, 5) is 43.9. The van der Waals surface area contributed by atoms with Crippen molar-refractivity contribution in [1.29, 1.82) is 0 Å². The molecule has 1 saturated heterocycles. The van der Waals surface area contributed by atoms with Gasteiger partial charge in [0.05, 0.1) is 0 Å². The van der Waals surface area contributed by atoms with Crippen molar-refractivity contribution in [3.63, 3.8) is 0 Å². The second-order valence-corrected chi connectivity index (χ2v) is 7.64. The molecule has 28 heavy (non-hydrogen) atoms. The zero-order valence-electron chi connectivity index (χ0n) is 16.2. The van der Waals surface area contributed by atoms with E-state index in [1.165, 1.54) is 18.3 Å². The first-order valence-corrected chi connectivity index (χ1v) is 10.0. The highest BCUT2D eigenvalue weighted by Crippen LogP contribution is 2.24. The Balaban J connectivity index is 1.58. The van der Waals surface area contributed by atoms with Crippen LogP contribution < -0.4 is 0 Å². The van der Waals surface area contributed by atoms with Gasteiger partial charge in [0.1, 0.15) is 5.01 Å².